The molecule has 1 aliphatic rings. The molecule has 0 spiro atoms. The van der Waals surface area contributed by atoms with Crippen LogP contribution in [-0.2, 0) is 7.05 Å². The first-order chi connectivity index (χ1) is 6.63. The minimum Gasteiger partial charge on any atom is -0.352 e. The zero-order chi connectivity index (χ0) is 10.3. The predicted octanol–water partition coefficient (Wildman–Crippen LogP) is 2.09. The van der Waals surface area contributed by atoms with Crippen LogP contribution in [0.15, 0.2) is 6.07 Å². The number of nitrogens with two attached hydrogens (primary N) is 1. The van der Waals surface area contributed by atoms with Crippen molar-refractivity contribution in [2.75, 3.05) is 6.54 Å². The highest BCUT2D eigenvalue weighted by molar-refractivity contribution is 5.31. The Kier molecular flexibility index (Phi) is 2.40. The lowest BCUT2D eigenvalue weighted by atomic mass is 9.71. The average molecular weight is 192 g/mol. The Balaban J connectivity index is 2.15. The van der Waals surface area contributed by atoms with E-state index in [1.165, 1.54) is 24.2 Å². The fourth-order valence-corrected chi connectivity index (χ4v) is 2.48. The molecule has 0 bridgehead atoms. The largest absolute Gasteiger partial charge is 0.352 e. The Morgan fingerprint density at radius 2 is 2.07 bits per heavy atom. The molecule has 0 unspecified atom stereocenters. The van der Waals surface area contributed by atoms with Crippen molar-refractivity contribution in [2.24, 2.45) is 18.7 Å². The molecular formula is C12H20N2. The third-order valence-electron chi connectivity index (χ3n) is 3.82. The standard InChI is InChI=1S/C12H20N2/c1-8-4-12(9(2)14(8)3)11-5-10(6-11)7-13/h4,10-11H,5-7,13H2,1-3H3. The van der Waals surface area contributed by atoms with E-state index >= 15 is 0 Å². The van der Waals surface area contributed by atoms with Gasteiger partial charge >= 0.3 is 0 Å². The summed E-state index contributed by atoms with van der Waals surface area (Å²) >= 11 is 0. The van der Waals surface area contributed by atoms with Crippen molar-refractivity contribution in [3.05, 3.63) is 23.0 Å². The van der Waals surface area contributed by atoms with E-state index in [0.29, 0.717) is 0 Å². The molecule has 1 heterocycles. The lowest BCUT2D eigenvalue weighted by Crippen LogP contribution is -2.28. The Bertz CT molecular complexity index is 332. The third-order valence-corrected chi connectivity index (χ3v) is 3.82. The molecule has 1 aromatic rings. The Morgan fingerprint density at radius 3 is 2.50 bits per heavy atom. The smallest absolute Gasteiger partial charge is 0.0178 e. The molecule has 1 saturated carbocycles. The fourth-order valence-electron chi connectivity index (χ4n) is 2.48. The minimum absolute atomic E-state index is 0.778. The second-order valence-corrected chi connectivity index (χ2v) is 4.66. The molecule has 2 rings (SSSR count). The summed E-state index contributed by atoms with van der Waals surface area (Å²) in [7, 11) is 2.15. The topological polar surface area (TPSA) is 30.9 Å². The van der Waals surface area contributed by atoms with Crippen LogP contribution in [0.2, 0.25) is 0 Å². The first kappa shape index (κ1) is 9.78. The first-order valence-electron chi connectivity index (χ1n) is 5.46. The van der Waals surface area contributed by atoms with Gasteiger partial charge in [0.15, 0.2) is 0 Å². The quantitative estimate of drug-likeness (QED) is 0.764. The highest BCUT2D eigenvalue weighted by Crippen LogP contribution is 2.42. The third kappa shape index (κ3) is 1.38. The monoisotopic (exact) mass is 192 g/mol. The van der Waals surface area contributed by atoms with Gasteiger partial charge in [-0.05, 0) is 56.7 Å². The van der Waals surface area contributed by atoms with Crippen LogP contribution < -0.4 is 5.73 Å². The van der Waals surface area contributed by atoms with Crippen LogP contribution in [0.1, 0.15) is 35.7 Å². The molecule has 1 aromatic heterocycles. The van der Waals surface area contributed by atoms with E-state index in [9.17, 15) is 0 Å². The van der Waals surface area contributed by atoms with Crippen molar-refractivity contribution in [3.63, 3.8) is 0 Å². The fraction of sp³-hybridized carbons (Fsp3) is 0.667. The lowest BCUT2D eigenvalue weighted by Gasteiger charge is -2.34. The summed E-state index contributed by atoms with van der Waals surface area (Å²) in [4.78, 5) is 0. The molecule has 2 N–H and O–H groups in total. The first-order valence-corrected chi connectivity index (χ1v) is 5.46. The molecule has 2 nitrogen and oxygen atoms in total. The maximum Gasteiger partial charge on any atom is 0.0178 e. The summed E-state index contributed by atoms with van der Waals surface area (Å²) in [6.45, 7) is 5.26. The second-order valence-electron chi connectivity index (χ2n) is 4.66. The van der Waals surface area contributed by atoms with Crippen LogP contribution in [0.4, 0.5) is 0 Å². The van der Waals surface area contributed by atoms with Crippen molar-refractivity contribution in [2.45, 2.75) is 32.6 Å². The molecule has 78 valence electrons. The molecule has 0 aliphatic heterocycles. The maximum atomic E-state index is 5.64. The van der Waals surface area contributed by atoms with E-state index in [2.05, 4.69) is 31.5 Å². The summed E-state index contributed by atoms with van der Waals surface area (Å²) < 4.78 is 2.28. The van der Waals surface area contributed by atoms with E-state index in [1.807, 2.05) is 0 Å². The van der Waals surface area contributed by atoms with Gasteiger partial charge in [0.25, 0.3) is 0 Å². The number of hydrogen-bond donors (Lipinski definition) is 1. The van der Waals surface area contributed by atoms with Crippen LogP contribution in [0, 0.1) is 19.8 Å². The molecule has 1 fully saturated rings. The molecule has 0 saturated heterocycles. The van der Waals surface area contributed by atoms with Crippen molar-refractivity contribution >= 4 is 0 Å². The second kappa shape index (κ2) is 3.43. The number of nitrogens with zero attached hydrogens (tertiary/aromatic N) is 1. The van der Waals surface area contributed by atoms with Crippen LogP contribution in [0.5, 0.6) is 0 Å². The summed E-state index contributed by atoms with van der Waals surface area (Å²) in [6.07, 6.45) is 2.58. The predicted molar refractivity (Wildman–Crippen MR) is 59.4 cm³/mol. The van der Waals surface area contributed by atoms with Gasteiger partial charge in [0.2, 0.25) is 0 Å². The van der Waals surface area contributed by atoms with Gasteiger partial charge in [0.1, 0.15) is 0 Å². The van der Waals surface area contributed by atoms with Gasteiger partial charge in [-0.25, -0.2) is 0 Å². The van der Waals surface area contributed by atoms with E-state index in [-0.39, 0.29) is 0 Å². The average Bonchev–Trinajstić information content (AvgIpc) is 2.32. The van der Waals surface area contributed by atoms with Gasteiger partial charge in [-0.2, -0.15) is 0 Å². The number of rotatable bonds is 2. The van der Waals surface area contributed by atoms with Gasteiger partial charge in [-0.3, -0.25) is 0 Å². The maximum absolute atomic E-state index is 5.64. The molecular weight excluding hydrogens is 172 g/mol. The summed E-state index contributed by atoms with van der Waals surface area (Å²) in [6, 6.07) is 2.34. The molecule has 0 radical (unpaired) electrons. The van der Waals surface area contributed by atoms with Crippen LogP contribution in [-0.4, -0.2) is 11.1 Å². The van der Waals surface area contributed by atoms with Crippen molar-refractivity contribution in [1.29, 1.82) is 0 Å². The minimum atomic E-state index is 0.778. The highest BCUT2D eigenvalue weighted by atomic mass is 14.9. The lowest BCUT2D eigenvalue weighted by molar-refractivity contribution is 0.271. The van der Waals surface area contributed by atoms with Crippen molar-refractivity contribution in [1.82, 2.24) is 4.57 Å². The van der Waals surface area contributed by atoms with Crippen molar-refractivity contribution < 1.29 is 0 Å². The van der Waals surface area contributed by atoms with Gasteiger partial charge in [0, 0.05) is 18.4 Å². The molecule has 0 aromatic carbocycles. The molecule has 2 heteroatoms. The number of hydrogen-bond acceptors (Lipinski definition) is 1. The van der Waals surface area contributed by atoms with Crippen LogP contribution in [0.25, 0.3) is 0 Å². The Hall–Kier alpha value is -0.760. The van der Waals surface area contributed by atoms with Gasteiger partial charge in [-0.15, -0.1) is 0 Å². The number of aromatic nitrogens is 1. The highest BCUT2D eigenvalue weighted by Gasteiger charge is 2.31. The van der Waals surface area contributed by atoms with Crippen LogP contribution in [0.3, 0.4) is 0 Å². The van der Waals surface area contributed by atoms with Gasteiger partial charge in [0.05, 0.1) is 0 Å². The summed E-state index contributed by atoms with van der Waals surface area (Å²) in [5, 5.41) is 0. The van der Waals surface area contributed by atoms with E-state index in [0.717, 1.165) is 18.4 Å². The normalized spacial score (nSPS) is 26.3. The Labute approximate surface area is 86.1 Å². The SMILES string of the molecule is Cc1cc(C2CC(CN)C2)c(C)n1C. The molecule has 0 atom stereocenters. The zero-order valence-corrected chi connectivity index (χ0v) is 9.38. The Morgan fingerprint density at radius 1 is 1.43 bits per heavy atom. The molecule has 14 heavy (non-hydrogen) atoms. The van der Waals surface area contributed by atoms with Crippen LogP contribution >= 0.6 is 0 Å². The van der Waals surface area contributed by atoms with Gasteiger partial charge in [-0.1, -0.05) is 0 Å². The summed E-state index contributed by atoms with van der Waals surface area (Å²) in [5.74, 6) is 1.56. The molecule has 1 aliphatic carbocycles. The summed E-state index contributed by atoms with van der Waals surface area (Å²) in [5.41, 5.74) is 10.00. The number of aryl methyl sites for hydroxylation is 1. The van der Waals surface area contributed by atoms with Gasteiger partial charge < -0.3 is 10.3 Å². The van der Waals surface area contributed by atoms with E-state index in [4.69, 9.17) is 5.73 Å². The van der Waals surface area contributed by atoms with E-state index in [1.54, 1.807) is 5.56 Å². The zero-order valence-electron chi connectivity index (χ0n) is 9.38. The molecule has 0 amide bonds. The van der Waals surface area contributed by atoms with E-state index < -0.39 is 0 Å². The van der Waals surface area contributed by atoms with Crippen molar-refractivity contribution in [3.8, 4) is 0 Å².